The molecule has 2 aromatic rings. The van der Waals surface area contributed by atoms with Crippen LogP contribution in [-0.2, 0) is 13.0 Å². The van der Waals surface area contributed by atoms with Crippen LogP contribution < -0.4 is 10.6 Å². The molecule has 90 valence electrons. The van der Waals surface area contributed by atoms with Crippen LogP contribution in [0, 0.1) is 0 Å². The van der Waals surface area contributed by atoms with Crippen molar-refractivity contribution in [2.24, 2.45) is 0 Å². The number of nitrogens with zero attached hydrogens (tertiary/aromatic N) is 2. The summed E-state index contributed by atoms with van der Waals surface area (Å²) in [5.74, 6) is 2.44. The van der Waals surface area contributed by atoms with Crippen LogP contribution in [0.15, 0.2) is 28.9 Å². The second kappa shape index (κ2) is 5.34. The Labute approximate surface area is 100 Å². The van der Waals surface area contributed by atoms with E-state index in [0.29, 0.717) is 12.4 Å². The molecule has 0 saturated carbocycles. The lowest BCUT2D eigenvalue weighted by molar-refractivity contribution is 0.466. The molecule has 0 saturated heterocycles. The number of hydrogen-bond donors (Lipinski definition) is 2. The normalized spacial score (nSPS) is 10.2. The standard InChI is InChI=1S/C12H16N4O/c1-3-10-7-16-12(17-10)8-15-9-4-5-14-11(6-9)13-2/h4-7H,3,8H2,1-2H3,(H2,13,14,15). The number of rotatable bonds is 5. The van der Waals surface area contributed by atoms with Crippen molar-refractivity contribution in [2.45, 2.75) is 19.9 Å². The van der Waals surface area contributed by atoms with Gasteiger partial charge in [0.15, 0.2) is 0 Å². The van der Waals surface area contributed by atoms with Crippen LogP contribution in [-0.4, -0.2) is 17.0 Å². The SMILES string of the molecule is CCc1cnc(CNc2ccnc(NC)c2)o1. The van der Waals surface area contributed by atoms with Gasteiger partial charge >= 0.3 is 0 Å². The Morgan fingerprint density at radius 2 is 2.24 bits per heavy atom. The summed E-state index contributed by atoms with van der Waals surface area (Å²) in [5, 5.41) is 6.23. The average molecular weight is 232 g/mol. The molecule has 0 fully saturated rings. The highest BCUT2D eigenvalue weighted by molar-refractivity contribution is 5.51. The van der Waals surface area contributed by atoms with Gasteiger partial charge in [-0.25, -0.2) is 9.97 Å². The van der Waals surface area contributed by atoms with Gasteiger partial charge in [0.05, 0.1) is 12.7 Å². The van der Waals surface area contributed by atoms with Crippen molar-refractivity contribution in [3.8, 4) is 0 Å². The maximum Gasteiger partial charge on any atom is 0.213 e. The summed E-state index contributed by atoms with van der Waals surface area (Å²) in [6.45, 7) is 2.62. The molecule has 5 heteroatoms. The molecule has 0 amide bonds. The Hall–Kier alpha value is -2.04. The van der Waals surface area contributed by atoms with Crippen molar-refractivity contribution >= 4 is 11.5 Å². The van der Waals surface area contributed by atoms with Crippen LogP contribution in [0.5, 0.6) is 0 Å². The smallest absolute Gasteiger partial charge is 0.213 e. The van der Waals surface area contributed by atoms with E-state index in [1.165, 1.54) is 0 Å². The molecule has 5 nitrogen and oxygen atoms in total. The van der Waals surface area contributed by atoms with Gasteiger partial charge < -0.3 is 15.1 Å². The molecule has 2 heterocycles. The maximum absolute atomic E-state index is 5.51. The van der Waals surface area contributed by atoms with Gasteiger partial charge in [-0.05, 0) is 6.07 Å². The Balaban J connectivity index is 1.96. The van der Waals surface area contributed by atoms with Gasteiger partial charge in [0.1, 0.15) is 11.6 Å². The molecule has 0 aliphatic rings. The van der Waals surface area contributed by atoms with E-state index in [1.807, 2.05) is 26.1 Å². The van der Waals surface area contributed by atoms with E-state index in [9.17, 15) is 0 Å². The third-order valence-electron chi connectivity index (χ3n) is 2.41. The molecule has 2 N–H and O–H groups in total. The first kappa shape index (κ1) is 11.4. The van der Waals surface area contributed by atoms with Gasteiger partial charge in [0, 0.05) is 31.4 Å². The van der Waals surface area contributed by atoms with Crippen LogP contribution in [0.25, 0.3) is 0 Å². The third-order valence-corrected chi connectivity index (χ3v) is 2.41. The highest BCUT2D eigenvalue weighted by Crippen LogP contribution is 2.13. The lowest BCUT2D eigenvalue weighted by Crippen LogP contribution is -2.01. The number of aromatic nitrogens is 2. The van der Waals surface area contributed by atoms with Crippen molar-refractivity contribution in [2.75, 3.05) is 17.7 Å². The molecule has 0 atom stereocenters. The average Bonchev–Trinajstić information content (AvgIpc) is 2.84. The lowest BCUT2D eigenvalue weighted by Gasteiger charge is -2.05. The van der Waals surface area contributed by atoms with Gasteiger partial charge in [-0.3, -0.25) is 0 Å². The fourth-order valence-corrected chi connectivity index (χ4v) is 1.45. The van der Waals surface area contributed by atoms with E-state index < -0.39 is 0 Å². The zero-order valence-corrected chi connectivity index (χ0v) is 10.0. The number of nitrogens with one attached hydrogen (secondary N) is 2. The maximum atomic E-state index is 5.51. The Morgan fingerprint density at radius 3 is 2.94 bits per heavy atom. The fraction of sp³-hybridized carbons (Fsp3) is 0.333. The molecule has 0 aliphatic heterocycles. The Kier molecular flexibility index (Phi) is 3.59. The minimum Gasteiger partial charge on any atom is -0.444 e. The van der Waals surface area contributed by atoms with Crippen molar-refractivity contribution in [1.82, 2.24) is 9.97 Å². The van der Waals surface area contributed by atoms with Gasteiger partial charge in [0.2, 0.25) is 5.89 Å². The number of oxazole rings is 1. The van der Waals surface area contributed by atoms with E-state index in [0.717, 1.165) is 23.7 Å². The first-order chi connectivity index (χ1) is 8.31. The summed E-state index contributed by atoms with van der Waals surface area (Å²) in [7, 11) is 1.84. The fourth-order valence-electron chi connectivity index (χ4n) is 1.45. The number of pyridine rings is 1. The highest BCUT2D eigenvalue weighted by atomic mass is 16.4. The van der Waals surface area contributed by atoms with Crippen molar-refractivity contribution in [3.05, 3.63) is 36.2 Å². The van der Waals surface area contributed by atoms with Gasteiger partial charge in [-0.2, -0.15) is 0 Å². The number of hydrogen-bond acceptors (Lipinski definition) is 5. The molecule has 0 spiro atoms. The quantitative estimate of drug-likeness (QED) is 0.828. The summed E-state index contributed by atoms with van der Waals surface area (Å²) in [6.07, 6.45) is 4.38. The second-order valence-electron chi connectivity index (χ2n) is 3.61. The molecular formula is C12H16N4O. The molecule has 0 aromatic carbocycles. The molecule has 17 heavy (non-hydrogen) atoms. The Bertz CT molecular complexity index is 481. The topological polar surface area (TPSA) is 63.0 Å². The third kappa shape index (κ3) is 2.96. The second-order valence-corrected chi connectivity index (χ2v) is 3.61. The number of anilines is 2. The van der Waals surface area contributed by atoms with E-state index >= 15 is 0 Å². The first-order valence-corrected chi connectivity index (χ1v) is 5.63. The predicted molar refractivity (Wildman–Crippen MR) is 67.0 cm³/mol. The number of aryl methyl sites for hydroxylation is 1. The molecule has 0 radical (unpaired) electrons. The Morgan fingerprint density at radius 1 is 1.35 bits per heavy atom. The molecule has 2 aromatic heterocycles. The van der Waals surface area contributed by atoms with Gasteiger partial charge in [0.25, 0.3) is 0 Å². The summed E-state index contributed by atoms with van der Waals surface area (Å²) in [5.41, 5.74) is 0.987. The monoisotopic (exact) mass is 232 g/mol. The van der Waals surface area contributed by atoms with E-state index in [1.54, 1.807) is 12.4 Å². The first-order valence-electron chi connectivity index (χ1n) is 5.63. The summed E-state index contributed by atoms with van der Waals surface area (Å²) in [4.78, 5) is 8.32. The largest absolute Gasteiger partial charge is 0.444 e. The molecule has 0 bridgehead atoms. The predicted octanol–water partition coefficient (Wildman–Crippen LogP) is 2.29. The van der Waals surface area contributed by atoms with E-state index in [4.69, 9.17) is 4.42 Å². The molecular weight excluding hydrogens is 216 g/mol. The summed E-state index contributed by atoms with van der Waals surface area (Å²) in [6, 6.07) is 3.84. The summed E-state index contributed by atoms with van der Waals surface area (Å²) >= 11 is 0. The van der Waals surface area contributed by atoms with Crippen molar-refractivity contribution in [1.29, 1.82) is 0 Å². The van der Waals surface area contributed by atoms with E-state index in [2.05, 4.69) is 20.6 Å². The van der Waals surface area contributed by atoms with Crippen LogP contribution >= 0.6 is 0 Å². The molecule has 0 unspecified atom stereocenters. The molecule has 0 aliphatic carbocycles. The lowest BCUT2D eigenvalue weighted by atomic mass is 10.4. The minimum atomic E-state index is 0.577. The zero-order chi connectivity index (χ0) is 12.1. The van der Waals surface area contributed by atoms with Crippen LogP contribution in [0.3, 0.4) is 0 Å². The van der Waals surface area contributed by atoms with Crippen LogP contribution in [0.4, 0.5) is 11.5 Å². The highest BCUT2D eigenvalue weighted by Gasteiger charge is 2.02. The minimum absolute atomic E-state index is 0.577. The summed E-state index contributed by atoms with van der Waals surface area (Å²) < 4.78 is 5.51. The van der Waals surface area contributed by atoms with Crippen molar-refractivity contribution < 1.29 is 4.42 Å². The van der Waals surface area contributed by atoms with Crippen LogP contribution in [0.1, 0.15) is 18.6 Å². The van der Waals surface area contributed by atoms with Gasteiger partial charge in [-0.15, -0.1) is 0 Å². The molecule has 2 rings (SSSR count). The zero-order valence-electron chi connectivity index (χ0n) is 10.0. The van der Waals surface area contributed by atoms with Crippen LogP contribution in [0.2, 0.25) is 0 Å². The van der Waals surface area contributed by atoms with Crippen molar-refractivity contribution in [3.63, 3.8) is 0 Å². The van der Waals surface area contributed by atoms with Gasteiger partial charge in [-0.1, -0.05) is 6.92 Å². The van der Waals surface area contributed by atoms with E-state index in [-0.39, 0.29) is 0 Å².